The maximum absolute atomic E-state index is 12.8. The molecule has 0 radical (unpaired) electrons. The van der Waals surface area contributed by atoms with E-state index in [4.69, 9.17) is 14.2 Å². The summed E-state index contributed by atoms with van der Waals surface area (Å²) in [7, 11) is 1.62. The van der Waals surface area contributed by atoms with Gasteiger partial charge in [-0.3, -0.25) is 0 Å². The second kappa shape index (κ2) is 5.86. The van der Waals surface area contributed by atoms with Gasteiger partial charge in [0.05, 0.1) is 12.7 Å². The van der Waals surface area contributed by atoms with Crippen LogP contribution in [0.2, 0.25) is 0 Å². The first-order valence-corrected chi connectivity index (χ1v) is 9.69. The van der Waals surface area contributed by atoms with Gasteiger partial charge in [0, 0.05) is 22.8 Å². The molecule has 0 saturated carbocycles. The second-order valence-electron chi connectivity index (χ2n) is 8.54. The summed E-state index contributed by atoms with van der Waals surface area (Å²) in [5.74, 6) is 1.69. The van der Waals surface area contributed by atoms with Crippen LogP contribution in [0.15, 0.2) is 60.7 Å². The molecule has 4 heteroatoms. The van der Waals surface area contributed by atoms with E-state index in [1.54, 1.807) is 7.11 Å². The van der Waals surface area contributed by atoms with Gasteiger partial charge < -0.3 is 14.2 Å². The minimum Gasteiger partial charge on any atom is -0.497 e. The van der Waals surface area contributed by atoms with E-state index in [0.717, 1.165) is 22.3 Å². The van der Waals surface area contributed by atoms with Crippen molar-refractivity contribution >= 4 is 5.97 Å². The van der Waals surface area contributed by atoms with Crippen LogP contribution in [-0.4, -0.2) is 13.1 Å². The van der Waals surface area contributed by atoms with Gasteiger partial charge in [-0.2, -0.15) is 0 Å². The molecule has 1 unspecified atom stereocenters. The molecule has 1 spiro atoms. The highest BCUT2D eigenvalue weighted by Gasteiger charge is 2.53. The van der Waals surface area contributed by atoms with Crippen LogP contribution in [0.1, 0.15) is 53.4 Å². The van der Waals surface area contributed by atoms with E-state index in [1.165, 1.54) is 0 Å². The molecule has 4 nitrogen and oxygen atoms in total. The van der Waals surface area contributed by atoms with Crippen molar-refractivity contribution in [1.29, 1.82) is 0 Å². The van der Waals surface area contributed by atoms with E-state index in [0.29, 0.717) is 22.8 Å². The average Bonchev–Trinajstić information content (AvgIpc) is 3.00. The standard InChI is InChI=1S/C25H22O4/c1-24(2,3)15-9-11-19-21(13-15)28-22-14-16(27-4)10-12-20(22)25(19)18-8-6-5-7-17(18)23(26)29-25/h5-14H,1-4H3. The smallest absolute Gasteiger partial charge is 0.340 e. The van der Waals surface area contributed by atoms with Gasteiger partial charge in [0.1, 0.15) is 17.2 Å². The summed E-state index contributed by atoms with van der Waals surface area (Å²) in [6, 6.07) is 19.4. The molecule has 146 valence electrons. The van der Waals surface area contributed by atoms with E-state index in [-0.39, 0.29) is 11.4 Å². The van der Waals surface area contributed by atoms with E-state index in [1.807, 2.05) is 54.6 Å². The average molecular weight is 386 g/mol. The molecule has 0 bridgehead atoms. The minimum atomic E-state index is -1.03. The van der Waals surface area contributed by atoms with Crippen molar-refractivity contribution in [2.24, 2.45) is 0 Å². The highest BCUT2D eigenvalue weighted by Crippen LogP contribution is 2.56. The number of ether oxygens (including phenoxy) is 3. The summed E-state index contributed by atoms with van der Waals surface area (Å²) >= 11 is 0. The van der Waals surface area contributed by atoms with Gasteiger partial charge in [-0.15, -0.1) is 0 Å². The van der Waals surface area contributed by atoms with Crippen molar-refractivity contribution in [2.45, 2.75) is 31.8 Å². The van der Waals surface area contributed by atoms with Gasteiger partial charge in [0.25, 0.3) is 0 Å². The molecule has 2 aliphatic rings. The number of fused-ring (bicyclic) bond motifs is 6. The molecular weight excluding hydrogens is 364 g/mol. The Kier molecular flexibility index (Phi) is 3.60. The van der Waals surface area contributed by atoms with Gasteiger partial charge >= 0.3 is 5.97 Å². The molecule has 0 aromatic heterocycles. The van der Waals surface area contributed by atoms with Crippen molar-refractivity contribution in [2.75, 3.05) is 7.11 Å². The van der Waals surface area contributed by atoms with Gasteiger partial charge in [0.2, 0.25) is 0 Å². The lowest BCUT2D eigenvalue weighted by Gasteiger charge is -2.37. The summed E-state index contributed by atoms with van der Waals surface area (Å²) in [6.45, 7) is 6.49. The van der Waals surface area contributed by atoms with E-state index >= 15 is 0 Å². The summed E-state index contributed by atoms with van der Waals surface area (Å²) in [4.78, 5) is 12.8. The zero-order valence-corrected chi connectivity index (χ0v) is 16.9. The number of rotatable bonds is 1. The quantitative estimate of drug-likeness (QED) is 0.514. The van der Waals surface area contributed by atoms with E-state index < -0.39 is 5.60 Å². The molecule has 0 aliphatic carbocycles. The van der Waals surface area contributed by atoms with Crippen molar-refractivity contribution in [1.82, 2.24) is 0 Å². The van der Waals surface area contributed by atoms with Crippen LogP contribution in [0, 0.1) is 0 Å². The maximum Gasteiger partial charge on any atom is 0.340 e. The summed E-state index contributed by atoms with van der Waals surface area (Å²) < 4.78 is 17.9. The predicted octanol–water partition coefficient (Wildman–Crippen LogP) is 5.56. The van der Waals surface area contributed by atoms with Crippen LogP contribution >= 0.6 is 0 Å². The lowest BCUT2D eigenvalue weighted by atomic mass is 9.76. The number of hydrogen-bond acceptors (Lipinski definition) is 4. The fourth-order valence-corrected chi connectivity index (χ4v) is 4.25. The largest absolute Gasteiger partial charge is 0.497 e. The summed E-state index contributed by atoms with van der Waals surface area (Å²) in [5, 5.41) is 0. The number of benzene rings is 3. The Bertz CT molecular complexity index is 1160. The first-order valence-electron chi connectivity index (χ1n) is 9.69. The van der Waals surface area contributed by atoms with Crippen LogP contribution in [0.25, 0.3) is 0 Å². The van der Waals surface area contributed by atoms with Gasteiger partial charge in [-0.1, -0.05) is 51.1 Å². The zero-order chi connectivity index (χ0) is 20.4. The zero-order valence-electron chi connectivity index (χ0n) is 16.9. The third-order valence-corrected chi connectivity index (χ3v) is 5.79. The fourth-order valence-electron chi connectivity index (χ4n) is 4.25. The van der Waals surface area contributed by atoms with Crippen LogP contribution in [0.5, 0.6) is 17.2 Å². The highest BCUT2D eigenvalue weighted by molar-refractivity contribution is 5.97. The molecule has 1 atom stereocenters. The third kappa shape index (κ3) is 2.42. The number of hydrogen-bond donors (Lipinski definition) is 0. The molecule has 3 aromatic carbocycles. The molecule has 0 fully saturated rings. The summed E-state index contributed by atoms with van der Waals surface area (Å²) in [6.07, 6.45) is 0. The van der Waals surface area contributed by atoms with Crippen LogP contribution < -0.4 is 9.47 Å². The normalized spacial score (nSPS) is 19.1. The van der Waals surface area contributed by atoms with Gasteiger partial charge in [-0.05, 0) is 35.2 Å². The Labute approximate surface area is 170 Å². The molecule has 2 aliphatic heterocycles. The molecule has 29 heavy (non-hydrogen) atoms. The topological polar surface area (TPSA) is 44.8 Å². The predicted molar refractivity (Wildman–Crippen MR) is 110 cm³/mol. The minimum absolute atomic E-state index is 0.0372. The van der Waals surface area contributed by atoms with Crippen LogP contribution in [-0.2, 0) is 15.8 Å². The number of carbonyl (C=O) groups excluding carboxylic acids is 1. The monoisotopic (exact) mass is 386 g/mol. The Morgan fingerprint density at radius 2 is 1.55 bits per heavy atom. The molecule has 0 N–H and O–H groups in total. The Morgan fingerprint density at radius 3 is 2.28 bits per heavy atom. The number of esters is 1. The van der Waals surface area contributed by atoms with Crippen molar-refractivity contribution < 1.29 is 19.0 Å². The molecule has 0 saturated heterocycles. The van der Waals surface area contributed by atoms with Crippen LogP contribution in [0.4, 0.5) is 0 Å². The molecule has 3 aromatic rings. The molecule has 5 rings (SSSR count). The molecule has 2 heterocycles. The van der Waals surface area contributed by atoms with Gasteiger partial charge in [0.15, 0.2) is 5.60 Å². The molecular formula is C25H22O4. The maximum atomic E-state index is 12.8. The van der Waals surface area contributed by atoms with Crippen molar-refractivity contribution in [3.05, 3.63) is 88.5 Å². The first kappa shape index (κ1) is 17.8. The highest BCUT2D eigenvalue weighted by atomic mass is 16.6. The Hall–Kier alpha value is -3.27. The van der Waals surface area contributed by atoms with E-state index in [2.05, 4.69) is 26.8 Å². The summed E-state index contributed by atoms with van der Waals surface area (Å²) in [5.41, 5.74) is 3.14. The number of methoxy groups -OCH3 is 1. The Morgan fingerprint density at radius 1 is 0.862 bits per heavy atom. The van der Waals surface area contributed by atoms with Crippen molar-refractivity contribution in [3.63, 3.8) is 0 Å². The lowest BCUT2D eigenvalue weighted by molar-refractivity contribution is 0.0224. The Balaban J connectivity index is 1.84. The third-order valence-electron chi connectivity index (χ3n) is 5.79. The van der Waals surface area contributed by atoms with Crippen LogP contribution in [0.3, 0.4) is 0 Å². The van der Waals surface area contributed by atoms with Gasteiger partial charge in [-0.25, -0.2) is 4.79 Å². The van der Waals surface area contributed by atoms with E-state index in [9.17, 15) is 4.79 Å². The lowest BCUT2D eigenvalue weighted by Crippen LogP contribution is -2.33. The fraction of sp³-hybridized carbons (Fsp3) is 0.240. The van der Waals surface area contributed by atoms with Crippen molar-refractivity contribution in [3.8, 4) is 17.2 Å². The SMILES string of the molecule is COc1ccc2c(c1)Oc1cc(C(C)(C)C)ccc1C21OC(=O)c2ccccc21. The number of carbonyl (C=O) groups is 1. The molecule has 0 amide bonds. The first-order chi connectivity index (χ1) is 13.8. The second-order valence-corrected chi connectivity index (χ2v) is 8.54.